The van der Waals surface area contributed by atoms with E-state index in [-0.39, 0.29) is 20.4 Å². The summed E-state index contributed by atoms with van der Waals surface area (Å²) in [6.07, 6.45) is 15.0. The fraction of sp³-hybridized carbons (Fsp3) is 0.400. The minimum Gasteiger partial charge on any atom is -0.496 e. The summed E-state index contributed by atoms with van der Waals surface area (Å²) >= 11 is 0. The molecule has 6 nitrogen and oxygen atoms in total. The molecule has 9 heteroatoms. The van der Waals surface area contributed by atoms with Crippen LogP contribution in [0, 0.1) is 6.07 Å². The number of rotatable bonds is 8. The van der Waals surface area contributed by atoms with Gasteiger partial charge in [0.15, 0.2) is 0 Å². The Morgan fingerprint density at radius 3 is 1.69 bits per heavy atom. The average molecular weight is 796 g/mol. The minimum absolute atomic E-state index is 0. The Morgan fingerprint density at radius 2 is 1.20 bits per heavy atom. The van der Waals surface area contributed by atoms with Crippen LogP contribution in [0.2, 0.25) is 0 Å². The molecular weight excluding hydrogens is 744 g/mol. The largest absolute Gasteiger partial charge is 2.00 e. The molecule has 0 amide bonds. The van der Waals surface area contributed by atoms with Gasteiger partial charge in [-0.05, 0) is 81.3 Å². The predicted octanol–water partition coefficient (Wildman–Crippen LogP) is 9.57. The molecule has 0 atom stereocenters. The van der Waals surface area contributed by atoms with E-state index in [1.54, 1.807) is 19.5 Å². The van der Waals surface area contributed by atoms with Gasteiger partial charge >= 0.3 is 20.4 Å². The monoisotopic (exact) mass is 795 g/mol. The second-order valence-electron chi connectivity index (χ2n) is 12.5. The molecule has 0 unspecified atom stereocenters. The second-order valence-corrected chi connectivity index (χ2v) is 17.1. The molecule has 2 aliphatic carbocycles. The molecule has 0 aromatic heterocycles. The Hall–Kier alpha value is -2.72. The van der Waals surface area contributed by atoms with Gasteiger partial charge in [0.05, 0.1) is 37.4 Å². The molecule has 4 aromatic rings. The smallest absolute Gasteiger partial charge is 0.496 e. The summed E-state index contributed by atoms with van der Waals surface area (Å²) in [6, 6.07) is 34.8. The van der Waals surface area contributed by atoms with Crippen LogP contribution in [0.4, 0.5) is 5.69 Å². The average Bonchev–Trinajstić information content (AvgIpc) is 3.12. The molecule has 2 aliphatic rings. The molecule has 266 valence electrons. The van der Waals surface area contributed by atoms with Crippen molar-refractivity contribution in [2.24, 2.45) is 0 Å². The van der Waals surface area contributed by atoms with Crippen molar-refractivity contribution in [3.8, 4) is 33.8 Å². The van der Waals surface area contributed by atoms with Crippen molar-refractivity contribution in [1.82, 2.24) is 0 Å². The maximum atomic E-state index is 9.19. The molecule has 0 radical (unpaired) electrons. The third-order valence-electron chi connectivity index (χ3n) is 9.22. The summed E-state index contributed by atoms with van der Waals surface area (Å²) < 4.78 is 37.5. The van der Waals surface area contributed by atoms with Crippen LogP contribution in [0.15, 0.2) is 91.0 Å². The van der Waals surface area contributed by atoms with Gasteiger partial charge in [-0.3, -0.25) is 4.55 Å². The number of para-hydroxylation sites is 1. The van der Waals surface area contributed by atoms with Crippen LogP contribution in [0.25, 0.3) is 22.3 Å². The summed E-state index contributed by atoms with van der Waals surface area (Å²) in [5.74, 6) is 1.84. The van der Waals surface area contributed by atoms with Crippen LogP contribution in [0.5, 0.6) is 11.5 Å². The number of hydrogen-bond acceptors (Lipinski definition) is 5. The van der Waals surface area contributed by atoms with E-state index in [1.807, 2.05) is 43.4 Å². The molecule has 0 bridgehead atoms. The topological polar surface area (TPSA) is 84.9 Å². The van der Waals surface area contributed by atoms with E-state index < -0.39 is 18.0 Å². The molecule has 49 heavy (non-hydrogen) atoms. The molecule has 2 N–H and O–H groups in total. The van der Waals surface area contributed by atoms with Crippen LogP contribution < -0.4 is 20.1 Å². The number of benzene rings is 4. The molecule has 0 aliphatic heterocycles. The maximum Gasteiger partial charge on any atom is 2.00 e. The van der Waals surface area contributed by atoms with Crippen molar-refractivity contribution >= 4 is 29.0 Å². The van der Waals surface area contributed by atoms with Gasteiger partial charge in [-0.25, -0.2) is 0 Å². The molecule has 2 fully saturated rings. The van der Waals surface area contributed by atoms with Crippen LogP contribution in [-0.2, 0) is 30.5 Å². The first kappa shape index (κ1) is 40.7. The standard InChI is InChI=1S/C26H35O2P.C13H12N.CH4O3S.Pd/c1-27-23-17-11-18-24(28-2)26(23)22-16-9-10-19-25(22)29(20-12-5-3-6-13-20)21-14-7-4-8-15-21;1-14-13-10-6-5-9-12(13)11-7-3-2-4-8-11;1-5(2,3)4;/h9-11,16-21H,3-8,12-15H2,1-2H3;2-7,9-10,14H,1H3;1H3,(H,2,3,4);/q;-1;;+2/p+1. The molecule has 0 spiro atoms. The Balaban J connectivity index is 0.000000270. The van der Waals surface area contributed by atoms with Gasteiger partial charge in [0, 0.05) is 20.5 Å². The normalized spacial score (nSPS) is 15.1. The van der Waals surface area contributed by atoms with Gasteiger partial charge < -0.3 is 14.8 Å². The van der Waals surface area contributed by atoms with Crippen molar-refractivity contribution < 1.29 is 42.9 Å². The maximum absolute atomic E-state index is 9.19. The van der Waals surface area contributed by atoms with Gasteiger partial charge in [0.25, 0.3) is 10.1 Å². The predicted molar refractivity (Wildman–Crippen MR) is 204 cm³/mol. The molecule has 2 saturated carbocycles. The van der Waals surface area contributed by atoms with Crippen molar-refractivity contribution in [3.05, 3.63) is 97.1 Å². The Labute approximate surface area is 309 Å². The Kier molecular flexibility index (Phi) is 17.3. The molecular formula is C40H52NO5PPdS+2. The van der Waals surface area contributed by atoms with Crippen LogP contribution in [0.1, 0.15) is 64.2 Å². The number of ether oxygens (including phenoxy) is 2. The number of hydrogen-bond donors (Lipinski definition) is 2. The van der Waals surface area contributed by atoms with E-state index in [0.29, 0.717) is 6.26 Å². The molecule has 0 heterocycles. The number of anilines is 1. The van der Waals surface area contributed by atoms with Crippen LogP contribution >= 0.6 is 7.92 Å². The number of nitrogens with one attached hydrogen (secondary N) is 1. The second kappa shape index (κ2) is 20.8. The van der Waals surface area contributed by atoms with Gasteiger partial charge in [-0.2, -0.15) is 8.42 Å². The zero-order valence-electron chi connectivity index (χ0n) is 29.2. The van der Waals surface area contributed by atoms with E-state index in [0.717, 1.165) is 39.6 Å². The first-order valence-corrected chi connectivity index (χ1v) is 20.6. The minimum atomic E-state index is -3.67. The first-order valence-electron chi connectivity index (χ1n) is 17.1. The van der Waals surface area contributed by atoms with E-state index in [1.165, 1.54) is 75.3 Å². The van der Waals surface area contributed by atoms with Gasteiger partial charge in [0.2, 0.25) is 0 Å². The Morgan fingerprint density at radius 1 is 0.714 bits per heavy atom. The third kappa shape index (κ3) is 12.2. The SMILES string of the molecule is CNc1ccccc1-c1[c-]cccc1.COc1cccc(OC)c1-c1ccccc1[PH+](C1CCCCC1)C1CCCCC1.CS(=O)(=O)O.[Pd+2]. The summed E-state index contributed by atoms with van der Waals surface area (Å²) in [6.45, 7) is 0. The molecule has 4 aromatic carbocycles. The van der Waals surface area contributed by atoms with Crippen molar-refractivity contribution in [2.75, 3.05) is 32.8 Å². The van der Waals surface area contributed by atoms with E-state index in [2.05, 4.69) is 66.0 Å². The van der Waals surface area contributed by atoms with Crippen molar-refractivity contribution in [1.29, 1.82) is 0 Å². The fourth-order valence-corrected chi connectivity index (χ4v) is 11.6. The van der Waals surface area contributed by atoms with E-state index in [4.69, 9.17) is 14.0 Å². The quantitative estimate of drug-likeness (QED) is 0.0801. The summed E-state index contributed by atoms with van der Waals surface area (Å²) in [5.41, 5.74) is 7.77. The van der Waals surface area contributed by atoms with Crippen LogP contribution in [-0.4, -0.2) is 51.8 Å². The van der Waals surface area contributed by atoms with E-state index >= 15 is 0 Å². The summed E-state index contributed by atoms with van der Waals surface area (Å²) in [5, 5.41) is 4.80. The number of methoxy groups -OCH3 is 2. The molecule has 6 rings (SSSR count). The van der Waals surface area contributed by atoms with E-state index in [9.17, 15) is 8.42 Å². The Bertz CT molecular complexity index is 1610. The summed E-state index contributed by atoms with van der Waals surface area (Å²) in [7, 11) is 1.15. The zero-order valence-corrected chi connectivity index (χ0v) is 32.6. The zero-order chi connectivity index (χ0) is 34.4. The molecule has 0 saturated heterocycles. The summed E-state index contributed by atoms with van der Waals surface area (Å²) in [4.78, 5) is 0. The van der Waals surface area contributed by atoms with Gasteiger partial charge in [0.1, 0.15) is 16.8 Å². The van der Waals surface area contributed by atoms with Crippen molar-refractivity contribution in [3.63, 3.8) is 0 Å². The van der Waals surface area contributed by atoms with Gasteiger partial charge in [-0.15, -0.1) is 35.9 Å². The third-order valence-corrected chi connectivity index (χ3v) is 13.2. The fourth-order valence-electron chi connectivity index (χ4n) is 7.17. The van der Waals surface area contributed by atoms with Gasteiger partial charge in [-0.1, -0.05) is 60.9 Å². The van der Waals surface area contributed by atoms with Crippen LogP contribution in [0.3, 0.4) is 0 Å². The first-order chi connectivity index (χ1) is 23.2. The van der Waals surface area contributed by atoms with Crippen molar-refractivity contribution in [2.45, 2.75) is 75.5 Å².